The highest BCUT2D eigenvalue weighted by molar-refractivity contribution is 7.98. The first-order valence-corrected chi connectivity index (χ1v) is 4.95. The number of halogens is 1. The molecule has 0 saturated heterocycles. The van der Waals surface area contributed by atoms with E-state index in [0.29, 0.717) is 5.02 Å². The molecule has 0 spiro atoms. The van der Waals surface area contributed by atoms with E-state index in [-0.39, 0.29) is 0 Å². The van der Waals surface area contributed by atoms with Gasteiger partial charge in [0.05, 0.1) is 11.2 Å². The number of nitrogens with two attached hydrogens (primary N) is 1. The Morgan fingerprint density at radius 1 is 1.58 bits per heavy atom. The van der Waals surface area contributed by atoms with Crippen LogP contribution >= 0.6 is 23.4 Å². The summed E-state index contributed by atoms with van der Waals surface area (Å²) in [6, 6.07) is 5.70. The number of rotatable bonds is 2. The molecule has 0 aliphatic carbocycles. The second-order valence-corrected chi connectivity index (χ2v) is 3.39. The van der Waals surface area contributed by atoms with Crippen molar-refractivity contribution in [3.05, 3.63) is 28.8 Å². The minimum Gasteiger partial charge on any atom is -0.323 e. The largest absolute Gasteiger partial charge is 0.323 e. The summed E-state index contributed by atoms with van der Waals surface area (Å²) in [6.07, 6.45) is 3.55. The van der Waals surface area contributed by atoms with Gasteiger partial charge in [0.2, 0.25) is 0 Å². The standard InChI is InChI=1S/C8H9ClN2S/c1-12-8-4-2-3-7(9)6(8)5-11-10/h2-5H,10H2,1H3. The first kappa shape index (κ1) is 9.42. The van der Waals surface area contributed by atoms with Crippen LogP contribution in [-0.4, -0.2) is 12.5 Å². The zero-order chi connectivity index (χ0) is 8.97. The third kappa shape index (κ3) is 1.93. The molecular weight excluding hydrogens is 192 g/mol. The van der Waals surface area contributed by atoms with Crippen LogP contribution in [0.5, 0.6) is 0 Å². The first-order valence-electron chi connectivity index (χ1n) is 3.35. The highest BCUT2D eigenvalue weighted by Crippen LogP contribution is 2.24. The topological polar surface area (TPSA) is 38.4 Å². The van der Waals surface area contributed by atoms with Crippen LogP contribution < -0.4 is 5.84 Å². The fourth-order valence-electron chi connectivity index (χ4n) is 0.895. The second kappa shape index (κ2) is 4.38. The Hall–Kier alpha value is -0.670. The van der Waals surface area contributed by atoms with Crippen LogP contribution in [0.1, 0.15) is 5.56 Å². The molecule has 2 nitrogen and oxygen atoms in total. The van der Waals surface area contributed by atoms with Crippen molar-refractivity contribution >= 4 is 29.6 Å². The maximum Gasteiger partial charge on any atom is 0.0564 e. The van der Waals surface area contributed by atoms with Gasteiger partial charge in [0, 0.05) is 10.5 Å². The Kier molecular flexibility index (Phi) is 3.44. The zero-order valence-electron chi connectivity index (χ0n) is 6.62. The summed E-state index contributed by atoms with van der Waals surface area (Å²) in [4.78, 5) is 1.08. The van der Waals surface area contributed by atoms with Crippen LogP contribution in [-0.2, 0) is 0 Å². The minimum absolute atomic E-state index is 0.677. The molecule has 1 aromatic rings. The lowest BCUT2D eigenvalue weighted by atomic mass is 10.2. The molecule has 0 amide bonds. The van der Waals surface area contributed by atoms with Gasteiger partial charge < -0.3 is 5.84 Å². The van der Waals surface area contributed by atoms with Crippen molar-refractivity contribution in [1.29, 1.82) is 0 Å². The fraction of sp³-hybridized carbons (Fsp3) is 0.125. The number of nitrogens with zero attached hydrogens (tertiary/aromatic N) is 1. The third-order valence-corrected chi connectivity index (χ3v) is 2.56. The molecule has 0 fully saturated rings. The predicted octanol–water partition coefficient (Wildman–Crippen LogP) is 2.35. The molecule has 0 radical (unpaired) electrons. The quantitative estimate of drug-likeness (QED) is 0.345. The van der Waals surface area contributed by atoms with E-state index < -0.39 is 0 Å². The molecule has 12 heavy (non-hydrogen) atoms. The second-order valence-electron chi connectivity index (χ2n) is 2.13. The van der Waals surface area contributed by atoms with E-state index >= 15 is 0 Å². The molecule has 0 bridgehead atoms. The lowest BCUT2D eigenvalue weighted by molar-refractivity contribution is 1.25. The number of hydrogen-bond acceptors (Lipinski definition) is 3. The van der Waals surface area contributed by atoms with Gasteiger partial charge in [-0.25, -0.2) is 0 Å². The summed E-state index contributed by atoms with van der Waals surface area (Å²) in [5, 5.41) is 4.13. The van der Waals surface area contributed by atoms with Gasteiger partial charge in [-0.05, 0) is 18.4 Å². The van der Waals surface area contributed by atoms with E-state index in [1.54, 1.807) is 18.0 Å². The normalized spacial score (nSPS) is 10.8. The Morgan fingerprint density at radius 3 is 2.92 bits per heavy atom. The minimum atomic E-state index is 0.677. The highest BCUT2D eigenvalue weighted by atomic mass is 35.5. The van der Waals surface area contributed by atoms with Crippen molar-refractivity contribution in [2.75, 3.05) is 6.26 Å². The van der Waals surface area contributed by atoms with Crippen LogP contribution in [0.2, 0.25) is 5.02 Å². The summed E-state index contributed by atoms with van der Waals surface area (Å²) in [5.41, 5.74) is 0.883. The van der Waals surface area contributed by atoms with Gasteiger partial charge in [-0.3, -0.25) is 0 Å². The van der Waals surface area contributed by atoms with Crippen molar-refractivity contribution < 1.29 is 0 Å². The van der Waals surface area contributed by atoms with Crippen LogP contribution in [0.4, 0.5) is 0 Å². The Labute approximate surface area is 80.8 Å². The SMILES string of the molecule is CSc1cccc(Cl)c1C=NN. The van der Waals surface area contributed by atoms with Gasteiger partial charge in [-0.15, -0.1) is 11.8 Å². The first-order chi connectivity index (χ1) is 5.79. The predicted molar refractivity (Wildman–Crippen MR) is 55.0 cm³/mol. The van der Waals surface area contributed by atoms with Crippen molar-refractivity contribution in [3.8, 4) is 0 Å². The molecule has 0 unspecified atom stereocenters. The molecule has 0 aliphatic rings. The van der Waals surface area contributed by atoms with Crippen LogP contribution in [0, 0.1) is 0 Å². The van der Waals surface area contributed by atoms with E-state index in [0.717, 1.165) is 10.5 Å². The van der Waals surface area contributed by atoms with E-state index in [1.807, 2.05) is 24.5 Å². The molecule has 0 heterocycles. The molecular formula is C8H9ClN2S. The monoisotopic (exact) mass is 200 g/mol. The molecule has 64 valence electrons. The van der Waals surface area contributed by atoms with Gasteiger partial charge in [-0.1, -0.05) is 17.7 Å². The van der Waals surface area contributed by atoms with Gasteiger partial charge in [-0.2, -0.15) is 5.10 Å². The van der Waals surface area contributed by atoms with E-state index in [2.05, 4.69) is 5.10 Å². The van der Waals surface area contributed by atoms with Crippen LogP contribution in [0.25, 0.3) is 0 Å². The number of hydrazone groups is 1. The van der Waals surface area contributed by atoms with Gasteiger partial charge in [0.15, 0.2) is 0 Å². The lowest BCUT2D eigenvalue weighted by Crippen LogP contribution is -1.90. The van der Waals surface area contributed by atoms with E-state index in [4.69, 9.17) is 17.4 Å². The summed E-state index contributed by atoms with van der Waals surface area (Å²) >= 11 is 7.55. The average molecular weight is 201 g/mol. The van der Waals surface area contributed by atoms with Crippen molar-refractivity contribution in [2.45, 2.75) is 4.90 Å². The molecule has 0 aromatic heterocycles. The molecule has 0 aliphatic heterocycles. The maximum absolute atomic E-state index is 5.93. The van der Waals surface area contributed by atoms with Crippen LogP contribution in [0.3, 0.4) is 0 Å². The fourth-order valence-corrected chi connectivity index (χ4v) is 1.77. The number of hydrogen-bond donors (Lipinski definition) is 1. The van der Waals surface area contributed by atoms with Gasteiger partial charge in [0.25, 0.3) is 0 Å². The molecule has 0 saturated carbocycles. The lowest BCUT2D eigenvalue weighted by Gasteiger charge is -2.02. The van der Waals surface area contributed by atoms with Crippen molar-refractivity contribution in [1.82, 2.24) is 0 Å². The smallest absolute Gasteiger partial charge is 0.0564 e. The van der Waals surface area contributed by atoms with Gasteiger partial charge in [0.1, 0.15) is 0 Å². The van der Waals surface area contributed by atoms with Crippen LogP contribution in [0.15, 0.2) is 28.2 Å². The molecule has 1 aromatic carbocycles. The van der Waals surface area contributed by atoms with Crippen molar-refractivity contribution in [2.24, 2.45) is 10.9 Å². The third-order valence-electron chi connectivity index (χ3n) is 1.44. The van der Waals surface area contributed by atoms with Crippen molar-refractivity contribution in [3.63, 3.8) is 0 Å². The Balaban J connectivity index is 3.19. The maximum atomic E-state index is 5.93. The average Bonchev–Trinajstić information content (AvgIpc) is 2.09. The summed E-state index contributed by atoms with van der Waals surface area (Å²) in [6.45, 7) is 0. The summed E-state index contributed by atoms with van der Waals surface area (Å²) in [5.74, 6) is 5.05. The van der Waals surface area contributed by atoms with Gasteiger partial charge >= 0.3 is 0 Å². The summed E-state index contributed by atoms with van der Waals surface area (Å²) < 4.78 is 0. The molecule has 0 atom stereocenters. The van der Waals surface area contributed by atoms with E-state index in [1.165, 1.54) is 0 Å². The summed E-state index contributed by atoms with van der Waals surface area (Å²) in [7, 11) is 0. The van der Waals surface area contributed by atoms with E-state index in [9.17, 15) is 0 Å². The molecule has 1 rings (SSSR count). The number of benzene rings is 1. The highest BCUT2D eigenvalue weighted by Gasteiger charge is 2.02. The zero-order valence-corrected chi connectivity index (χ0v) is 8.19. The Morgan fingerprint density at radius 2 is 2.33 bits per heavy atom. The molecule has 2 N–H and O–H groups in total. The Bertz CT molecular complexity index is 299. The number of thioether (sulfide) groups is 1. The molecule has 4 heteroatoms.